The number of halogens is 1. The summed E-state index contributed by atoms with van der Waals surface area (Å²) in [4.78, 5) is 0. The second-order valence-corrected chi connectivity index (χ2v) is 5.81. The molecule has 1 aliphatic carbocycles. The van der Waals surface area contributed by atoms with E-state index in [1.165, 1.54) is 12.8 Å². The number of alkyl halides is 1. The molecule has 0 aromatic heterocycles. The van der Waals surface area contributed by atoms with Gasteiger partial charge in [-0.2, -0.15) is 0 Å². The molecule has 0 heterocycles. The highest BCUT2D eigenvalue weighted by molar-refractivity contribution is 6.18. The summed E-state index contributed by atoms with van der Waals surface area (Å²) < 4.78 is 5.85. The maximum Gasteiger partial charge on any atom is 0.0908 e. The lowest BCUT2D eigenvalue weighted by Gasteiger charge is -2.37. The Kier molecular flexibility index (Phi) is 6.09. The van der Waals surface area contributed by atoms with Gasteiger partial charge in [-0.3, -0.25) is 0 Å². The molecule has 0 bridgehead atoms. The predicted octanol–water partition coefficient (Wildman–Crippen LogP) is 3.06. The predicted molar refractivity (Wildman–Crippen MR) is 67.8 cm³/mol. The Morgan fingerprint density at radius 3 is 2.62 bits per heavy atom. The van der Waals surface area contributed by atoms with E-state index in [-0.39, 0.29) is 5.88 Å². The van der Waals surface area contributed by atoms with E-state index in [0.717, 1.165) is 12.3 Å². The van der Waals surface area contributed by atoms with Crippen LogP contribution in [0, 0.1) is 17.8 Å². The van der Waals surface area contributed by atoms with Gasteiger partial charge in [0.05, 0.1) is 24.7 Å². The summed E-state index contributed by atoms with van der Waals surface area (Å²) in [5, 5.41) is 9.42. The maximum atomic E-state index is 9.42. The van der Waals surface area contributed by atoms with Crippen molar-refractivity contribution in [2.24, 2.45) is 17.8 Å². The van der Waals surface area contributed by atoms with Crippen LogP contribution in [0.2, 0.25) is 0 Å². The molecule has 1 fully saturated rings. The molecule has 0 aliphatic heterocycles. The second-order valence-electron chi connectivity index (χ2n) is 5.51. The van der Waals surface area contributed by atoms with Gasteiger partial charge in [-0.25, -0.2) is 0 Å². The van der Waals surface area contributed by atoms with Crippen molar-refractivity contribution < 1.29 is 9.84 Å². The summed E-state index contributed by atoms with van der Waals surface area (Å²) in [7, 11) is 0. The van der Waals surface area contributed by atoms with Gasteiger partial charge in [0.15, 0.2) is 0 Å². The minimum absolute atomic E-state index is 0.259. The highest BCUT2D eigenvalue weighted by Gasteiger charge is 2.31. The van der Waals surface area contributed by atoms with E-state index in [1.807, 2.05) is 0 Å². The van der Waals surface area contributed by atoms with Crippen LogP contribution in [0.5, 0.6) is 0 Å². The van der Waals surface area contributed by atoms with E-state index in [2.05, 4.69) is 20.8 Å². The van der Waals surface area contributed by atoms with Crippen LogP contribution in [0.15, 0.2) is 0 Å². The summed E-state index contributed by atoms with van der Waals surface area (Å²) in [6.07, 6.45) is 3.47. The fourth-order valence-corrected chi connectivity index (χ4v) is 2.67. The van der Waals surface area contributed by atoms with Gasteiger partial charge in [-0.05, 0) is 30.6 Å². The molecule has 4 atom stereocenters. The van der Waals surface area contributed by atoms with Crippen LogP contribution in [0.3, 0.4) is 0 Å². The van der Waals surface area contributed by atoms with Crippen molar-refractivity contribution >= 4 is 11.6 Å². The lowest BCUT2D eigenvalue weighted by Crippen LogP contribution is -2.36. The van der Waals surface area contributed by atoms with Gasteiger partial charge >= 0.3 is 0 Å². The van der Waals surface area contributed by atoms with E-state index in [9.17, 15) is 5.11 Å². The first-order chi connectivity index (χ1) is 7.54. The fourth-order valence-electron chi connectivity index (χ4n) is 2.59. The molecule has 96 valence electrons. The summed E-state index contributed by atoms with van der Waals surface area (Å²) >= 11 is 5.57. The zero-order chi connectivity index (χ0) is 12.1. The van der Waals surface area contributed by atoms with Gasteiger partial charge in [0.2, 0.25) is 0 Å². The molecule has 1 N–H and O–H groups in total. The molecular weight excluding hydrogens is 224 g/mol. The van der Waals surface area contributed by atoms with E-state index in [4.69, 9.17) is 16.3 Å². The van der Waals surface area contributed by atoms with E-state index >= 15 is 0 Å². The van der Waals surface area contributed by atoms with Crippen LogP contribution < -0.4 is 0 Å². The Morgan fingerprint density at radius 1 is 1.38 bits per heavy atom. The zero-order valence-corrected chi connectivity index (χ0v) is 11.4. The minimum Gasteiger partial charge on any atom is -0.389 e. The summed E-state index contributed by atoms with van der Waals surface area (Å²) in [6.45, 7) is 7.18. The number of aliphatic hydroxyl groups excluding tert-OH is 1. The second kappa shape index (κ2) is 6.83. The Morgan fingerprint density at radius 2 is 2.06 bits per heavy atom. The first-order valence-electron chi connectivity index (χ1n) is 6.40. The monoisotopic (exact) mass is 248 g/mol. The van der Waals surface area contributed by atoms with E-state index < -0.39 is 6.10 Å². The fraction of sp³-hybridized carbons (Fsp3) is 1.00. The molecular formula is C13H25ClO2. The van der Waals surface area contributed by atoms with Crippen molar-refractivity contribution in [3.8, 4) is 0 Å². The van der Waals surface area contributed by atoms with Crippen LogP contribution in [-0.2, 0) is 4.74 Å². The van der Waals surface area contributed by atoms with Crippen molar-refractivity contribution in [3.63, 3.8) is 0 Å². The average molecular weight is 249 g/mol. The largest absolute Gasteiger partial charge is 0.389 e. The standard InChI is InChI=1S/C13H25ClO2/c1-9(2)12-5-4-10(3)6-13(12)16-8-11(15)7-14/h9-13,15H,4-8H2,1-3H3. The van der Waals surface area contributed by atoms with Gasteiger partial charge in [0.1, 0.15) is 0 Å². The molecule has 0 radical (unpaired) electrons. The van der Waals surface area contributed by atoms with Crippen molar-refractivity contribution in [2.75, 3.05) is 12.5 Å². The van der Waals surface area contributed by atoms with E-state index in [1.54, 1.807) is 0 Å². The van der Waals surface area contributed by atoms with Crippen LogP contribution >= 0.6 is 11.6 Å². The normalized spacial score (nSPS) is 33.0. The Labute approximate surface area is 104 Å². The molecule has 1 saturated carbocycles. The molecule has 3 heteroatoms. The van der Waals surface area contributed by atoms with Crippen LogP contribution in [0.4, 0.5) is 0 Å². The van der Waals surface area contributed by atoms with Crippen LogP contribution in [0.1, 0.15) is 40.0 Å². The third-order valence-corrected chi connectivity index (χ3v) is 4.00. The number of rotatable bonds is 5. The van der Waals surface area contributed by atoms with Crippen molar-refractivity contribution in [1.29, 1.82) is 0 Å². The molecule has 1 aliphatic rings. The highest BCUT2D eigenvalue weighted by atomic mass is 35.5. The average Bonchev–Trinajstić information content (AvgIpc) is 2.25. The lowest BCUT2D eigenvalue weighted by molar-refractivity contribution is -0.0647. The van der Waals surface area contributed by atoms with Gasteiger partial charge in [-0.15, -0.1) is 11.6 Å². The third-order valence-electron chi connectivity index (χ3n) is 3.64. The minimum atomic E-state index is -0.522. The zero-order valence-electron chi connectivity index (χ0n) is 10.7. The molecule has 16 heavy (non-hydrogen) atoms. The number of hydrogen-bond acceptors (Lipinski definition) is 2. The maximum absolute atomic E-state index is 9.42. The SMILES string of the molecule is CC1CCC(C(C)C)C(OCC(O)CCl)C1. The topological polar surface area (TPSA) is 29.5 Å². The van der Waals surface area contributed by atoms with Gasteiger partial charge in [0.25, 0.3) is 0 Å². The molecule has 0 spiro atoms. The van der Waals surface area contributed by atoms with Gasteiger partial charge in [0, 0.05) is 0 Å². The van der Waals surface area contributed by atoms with Crippen molar-refractivity contribution in [1.82, 2.24) is 0 Å². The summed E-state index contributed by atoms with van der Waals surface area (Å²) in [5.41, 5.74) is 0. The highest BCUT2D eigenvalue weighted by Crippen LogP contribution is 2.35. The lowest BCUT2D eigenvalue weighted by atomic mass is 9.75. The molecule has 4 unspecified atom stereocenters. The molecule has 1 rings (SSSR count). The van der Waals surface area contributed by atoms with Crippen molar-refractivity contribution in [3.05, 3.63) is 0 Å². The Balaban J connectivity index is 2.44. The quantitative estimate of drug-likeness (QED) is 0.758. The Bertz CT molecular complexity index is 196. The third kappa shape index (κ3) is 4.23. The van der Waals surface area contributed by atoms with Gasteiger partial charge < -0.3 is 9.84 Å². The number of hydrogen-bond donors (Lipinski definition) is 1. The summed E-state index contributed by atoms with van der Waals surface area (Å²) in [5.74, 6) is 2.30. The van der Waals surface area contributed by atoms with Crippen molar-refractivity contribution in [2.45, 2.75) is 52.2 Å². The molecule has 0 saturated heterocycles. The van der Waals surface area contributed by atoms with Crippen LogP contribution in [-0.4, -0.2) is 29.8 Å². The molecule has 2 nitrogen and oxygen atoms in total. The molecule has 0 aromatic rings. The number of aliphatic hydroxyl groups is 1. The van der Waals surface area contributed by atoms with E-state index in [0.29, 0.717) is 24.5 Å². The van der Waals surface area contributed by atoms with Gasteiger partial charge in [-0.1, -0.05) is 27.2 Å². The van der Waals surface area contributed by atoms with Crippen LogP contribution in [0.25, 0.3) is 0 Å². The first-order valence-corrected chi connectivity index (χ1v) is 6.93. The molecule has 0 aromatic carbocycles. The molecule has 0 amide bonds. The number of ether oxygens (including phenoxy) is 1. The Hall–Kier alpha value is 0.210. The smallest absolute Gasteiger partial charge is 0.0908 e. The first kappa shape index (κ1) is 14.3. The summed E-state index contributed by atoms with van der Waals surface area (Å²) in [6, 6.07) is 0.